The van der Waals surface area contributed by atoms with Crippen LogP contribution in [-0.4, -0.2) is 53.0 Å². The van der Waals surface area contributed by atoms with Crippen LogP contribution in [0.15, 0.2) is 52.4 Å². The Labute approximate surface area is 179 Å². The number of benzene rings is 2. The molecule has 2 aliphatic heterocycles. The van der Waals surface area contributed by atoms with E-state index < -0.39 is 10.0 Å². The summed E-state index contributed by atoms with van der Waals surface area (Å²) in [4.78, 5) is 19.1. The lowest BCUT2D eigenvalue weighted by molar-refractivity contribution is -0.116. The fourth-order valence-electron chi connectivity index (χ4n) is 3.46. The maximum Gasteiger partial charge on any atom is 0.263 e. The van der Waals surface area contributed by atoms with Crippen LogP contribution in [0.4, 0.5) is 11.4 Å². The monoisotopic (exact) mass is 448 g/mol. The molecule has 30 heavy (non-hydrogen) atoms. The van der Waals surface area contributed by atoms with Gasteiger partial charge in [0.1, 0.15) is 5.84 Å². The number of halogens is 1. The highest BCUT2D eigenvalue weighted by atomic mass is 35.5. The van der Waals surface area contributed by atoms with E-state index in [1.54, 1.807) is 30.3 Å². The summed E-state index contributed by atoms with van der Waals surface area (Å²) < 4.78 is 32.1. The van der Waals surface area contributed by atoms with Gasteiger partial charge < -0.3 is 15.0 Å². The second-order valence-corrected chi connectivity index (χ2v) is 8.92. The van der Waals surface area contributed by atoms with E-state index in [1.165, 1.54) is 6.07 Å². The number of amidine groups is 1. The van der Waals surface area contributed by atoms with E-state index in [-0.39, 0.29) is 29.6 Å². The van der Waals surface area contributed by atoms with Crippen LogP contribution in [0.3, 0.4) is 0 Å². The summed E-state index contributed by atoms with van der Waals surface area (Å²) >= 11 is 6.39. The third-order valence-corrected chi connectivity index (χ3v) is 6.56. The second kappa shape index (κ2) is 8.63. The zero-order valence-corrected chi connectivity index (χ0v) is 17.7. The average molecular weight is 449 g/mol. The van der Waals surface area contributed by atoms with Crippen LogP contribution in [0, 0.1) is 0 Å². The lowest BCUT2D eigenvalue weighted by Crippen LogP contribution is -2.37. The first-order valence-electron chi connectivity index (χ1n) is 9.53. The molecule has 0 bridgehead atoms. The van der Waals surface area contributed by atoms with Crippen molar-refractivity contribution in [2.45, 2.75) is 11.3 Å². The van der Waals surface area contributed by atoms with Crippen LogP contribution in [0.25, 0.3) is 0 Å². The smallest absolute Gasteiger partial charge is 0.263 e. The molecule has 10 heteroatoms. The molecular weight excluding hydrogens is 428 g/mol. The number of carbonyl (C=O) groups is 1. The van der Waals surface area contributed by atoms with Gasteiger partial charge in [-0.1, -0.05) is 29.8 Å². The second-order valence-electron chi connectivity index (χ2n) is 6.87. The summed E-state index contributed by atoms with van der Waals surface area (Å²) in [5, 5.41) is 3.46. The number of sulfonamides is 1. The predicted octanol–water partition coefficient (Wildman–Crippen LogP) is 2.24. The summed E-state index contributed by atoms with van der Waals surface area (Å²) in [6.07, 6.45) is 0.0997. The van der Waals surface area contributed by atoms with E-state index in [2.05, 4.69) is 19.9 Å². The molecule has 0 aliphatic carbocycles. The van der Waals surface area contributed by atoms with Crippen LogP contribution in [-0.2, 0) is 19.6 Å². The Morgan fingerprint density at radius 3 is 2.73 bits per heavy atom. The average Bonchev–Trinajstić information content (AvgIpc) is 2.99. The van der Waals surface area contributed by atoms with Crippen molar-refractivity contribution in [3.63, 3.8) is 0 Å². The summed E-state index contributed by atoms with van der Waals surface area (Å²) in [5.41, 5.74) is 1.93. The van der Waals surface area contributed by atoms with Crippen molar-refractivity contribution in [2.24, 2.45) is 4.99 Å². The third kappa shape index (κ3) is 4.28. The maximum atomic E-state index is 12.5. The van der Waals surface area contributed by atoms with Crippen LogP contribution < -0.4 is 14.9 Å². The molecule has 0 aromatic heterocycles. The molecule has 158 valence electrons. The molecule has 0 saturated carbocycles. The number of nitrogens with one attached hydrogen (secondary N) is 2. The molecule has 0 atom stereocenters. The number of nitrogens with zero attached hydrogens (tertiary/aromatic N) is 2. The Hall–Kier alpha value is -2.62. The number of anilines is 2. The Morgan fingerprint density at radius 1 is 1.17 bits per heavy atom. The van der Waals surface area contributed by atoms with E-state index in [0.29, 0.717) is 42.6 Å². The van der Waals surface area contributed by atoms with Crippen molar-refractivity contribution in [3.05, 3.63) is 53.1 Å². The van der Waals surface area contributed by atoms with E-state index in [1.807, 2.05) is 6.07 Å². The van der Waals surface area contributed by atoms with Gasteiger partial charge in [-0.25, -0.2) is 8.42 Å². The fourth-order valence-corrected chi connectivity index (χ4v) is 5.00. The topological polar surface area (TPSA) is 100 Å². The van der Waals surface area contributed by atoms with Gasteiger partial charge in [0.05, 0.1) is 41.1 Å². The number of fused-ring (bicyclic) bond motifs is 1. The summed E-state index contributed by atoms with van der Waals surface area (Å²) in [6, 6.07) is 12.0. The minimum absolute atomic E-state index is 0.0997. The van der Waals surface area contributed by atoms with E-state index in [9.17, 15) is 13.2 Å². The highest BCUT2D eigenvalue weighted by molar-refractivity contribution is 7.90. The first-order valence-corrected chi connectivity index (χ1v) is 11.4. The molecule has 1 fully saturated rings. The van der Waals surface area contributed by atoms with Gasteiger partial charge in [-0.05, 0) is 24.3 Å². The van der Waals surface area contributed by atoms with Crippen molar-refractivity contribution in [1.29, 1.82) is 0 Å². The Morgan fingerprint density at radius 2 is 1.93 bits per heavy atom. The standard InChI is InChI=1S/C20H21ClN4O4S/c21-15-5-3-6-16(19(15)25-10-12-29-13-11-25)23-18(26)8-9-22-20-14-4-1-2-7-17(14)30(27,28)24-20/h1-7H,8-13H2,(H,22,24)(H,23,26). The Balaban J connectivity index is 1.43. The number of hydrogen-bond acceptors (Lipinski definition) is 6. The lowest BCUT2D eigenvalue weighted by atomic mass is 10.2. The number of amides is 1. The van der Waals surface area contributed by atoms with E-state index in [4.69, 9.17) is 16.3 Å². The van der Waals surface area contributed by atoms with Gasteiger partial charge in [0.25, 0.3) is 10.0 Å². The maximum absolute atomic E-state index is 12.5. The minimum atomic E-state index is -3.59. The molecule has 0 unspecified atom stereocenters. The molecule has 2 N–H and O–H groups in total. The van der Waals surface area contributed by atoms with Gasteiger partial charge >= 0.3 is 0 Å². The zero-order valence-electron chi connectivity index (χ0n) is 16.1. The summed E-state index contributed by atoms with van der Waals surface area (Å²) in [5.74, 6) is 0.0282. The normalized spacial score (nSPS) is 18.7. The zero-order chi connectivity index (χ0) is 21.1. The Bertz CT molecular complexity index is 1100. The molecule has 2 heterocycles. The molecule has 0 spiro atoms. The summed E-state index contributed by atoms with van der Waals surface area (Å²) in [6.45, 7) is 2.74. The molecule has 0 radical (unpaired) electrons. The highest BCUT2D eigenvalue weighted by Crippen LogP contribution is 2.34. The first kappa shape index (κ1) is 20.6. The van der Waals surface area contributed by atoms with E-state index in [0.717, 1.165) is 5.69 Å². The first-order chi connectivity index (χ1) is 14.5. The van der Waals surface area contributed by atoms with Gasteiger partial charge in [0.15, 0.2) is 0 Å². The third-order valence-electron chi connectivity index (χ3n) is 4.86. The SMILES string of the molecule is O=C(CCN=C1NS(=O)(=O)c2ccccc21)Nc1cccc(Cl)c1N1CCOCC1. The highest BCUT2D eigenvalue weighted by Gasteiger charge is 2.30. The van der Waals surface area contributed by atoms with Crippen molar-refractivity contribution >= 4 is 44.7 Å². The number of ether oxygens (including phenoxy) is 1. The molecule has 1 saturated heterocycles. The van der Waals surface area contributed by atoms with Crippen molar-refractivity contribution in [2.75, 3.05) is 43.1 Å². The van der Waals surface area contributed by atoms with Gasteiger partial charge in [0.2, 0.25) is 5.91 Å². The molecule has 2 aromatic carbocycles. The number of aliphatic imine (C=N–C) groups is 1. The number of para-hydroxylation sites is 1. The molecule has 2 aromatic rings. The van der Waals surface area contributed by atoms with Gasteiger partial charge in [-0.3, -0.25) is 14.5 Å². The van der Waals surface area contributed by atoms with Crippen LogP contribution in [0.1, 0.15) is 12.0 Å². The number of morpholine rings is 1. The summed E-state index contributed by atoms with van der Waals surface area (Å²) in [7, 11) is -3.59. The van der Waals surface area contributed by atoms with Crippen molar-refractivity contribution in [3.8, 4) is 0 Å². The predicted molar refractivity (Wildman–Crippen MR) is 116 cm³/mol. The molecular formula is C20H21ClN4O4S. The number of rotatable bonds is 5. The fraction of sp³-hybridized carbons (Fsp3) is 0.300. The van der Waals surface area contributed by atoms with Crippen LogP contribution in [0.5, 0.6) is 0 Å². The quantitative estimate of drug-likeness (QED) is 0.730. The molecule has 8 nitrogen and oxygen atoms in total. The van der Waals surface area contributed by atoms with Gasteiger partial charge in [-0.2, -0.15) is 0 Å². The Kier molecular flexibility index (Phi) is 5.94. The molecule has 4 rings (SSSR count). The van der Waals surface area contributed by atoms with Crippen LogP contribution >= 0.6 is 11.6 Å². The number of carbonyl (C=O) groups excluding carboxylic acids is 1. The lowest BCUT2D eigenvalue weighted by Gasteiger charge is -2.31. The van der Waals surface area contributed by atoms with E-state index >= 15 is 0 Å². The molecule has 2 aliphatic rings. The minimum Gasteiger partial charge on any atom is -0.378 e. The van der Waals surface area contributed by atoms with Gasteiger partial charge in [0, 0.05) is 25.1 Å². The van der Waals surface area contributed by atoms with Crippen molar-refractivity contribution in [1.82, 2.24) is 4.72 Å². The number of hydrogen-bond donors (Lipinski definition) is 2. The largest absolute Gasteiger partial charge is 0.378 e. The molecule has 1 amide bonds. The van der Waals surface area contributed by atoms with Gasteiger partial charge in [-0.15, -0.1) is 0 Å². The van der Waals surface area contributed by atoms with Crippen molar-refractivity contribution < 1.29 is 17.9 Å². The van der Waals surface area contributed by atoms with Crippen LogP contribution in [0.2, 0.25) is 5.02 Å².